The molecule has 0 spiro atoms. The van der Waals surface area contributed by atoms with Gasteiger partial charge in [0.05, 0.1) is 0 Å². The van der Waals surface area contributed by atoms with Gasteiger partial charge in [0.25, 0.3) is 0 Å². The minimum atomic E-state index is 1.12. The zero-order valence-electron chi connectivity index (χ0n) is 8.67. The van der Waals surface area contributed by atoms with E-state index in [9.17, 15) is 0 Å². The Balaban J connectivity index is 2.67. The van der Waals surface area contributed by atoms with Crippen molar-refractivity contribution in [2.75, 3.05) is 0 Å². The van der Waals surface area contributed by atoms with Crippen LogP contribution in [0.2, 0.25) is 0 Å². The summed E-state index contributed by atoms with van der Waals surface area (Å²) >= 11 is 0. The Hall–Kier alpha value is -1.56. The summed E-state index contributed by atoms with van der Waals surface area (Å²) in [5, 5.41) is 2.59. The number of benzene rings is 2. The van der Waals surface area contributed by atoms with Crippen LogP contribution in [0.25, 0.3) is 16.3 Å². The molecule has 0 aliphatic carbocycles. The maximum atomic E-state index is 3.95. The fourth-order valence-electron chi connectivity index (χ4n) is 1.63. The Morgan fingerprint density at radius 2 is 1.64 bits per heavy atom. The molecule has 0 unspecified atom stereocenters. The van der Waals surface area contributed by atoms with Crippen molar-refractivity contribution in [1.82, 2.24) is 0 Å². The van der Waals surface area contributed by atoms with Crippen LogP contribution in [0.5, 0.6) is 0 Å². The van der Waals surface area contributed by atoms with Gasteiger partial charge in [-0.05, 0) is 36.2 Å². The SMILES string of the molecule is C=C(C)c1ccc2cc(C)ccc2c1. The van der Waals surface area contributed by atoms with Gasteiger partial charge in [-0.15, -0.1) is 0 Å². The third-order valence-electron chi connectivity index (χ3n) is 2.49. The van der Waals surface area contributed by atoms with Gasteiger partial charge in [-0.3, -0.25) is 0 Å². The van der Waals surface area contributed by atoms with Gasteiger partial charge in [0.1, 0.15) is 0 Å². The molecule has 2 aromatic carbocycles. The van der Waals surface area contributed by atoms with E-state index < -0.39 is 0 Å². The number of rotatable bonds is 1. The molecule has 0 saturated heterocycles. The fourth-order valence-corrected chi connectivity index (χ4v) is 1.63. The number of hydrogen-bond acceptors (Lipinski definition) is 0. The van der Waals surface area contributed by atoms with Crippen LogP contribution < -0.4 is 0 Å². The third kappa shape index (κ3) is 1.56. The molecule has 0 aromatic heterocycles. The van der Waals surface area contributed by atoms with Crippen molar-refractivity contribution in [3.05, 3.63) is 54.1 Å². The first kappa shape index (κ1) is 9.01. The highest BCUT2D eigenvalue weighted by atomic mass is 14.0. The number of hydrogen-bond donors (Lipinski definition) is 0. The summed E-state index contributed by atoms with van der Waals surface area (Å²) in [6.07, 6.45) is 0. The first-order chi connectivity index (χ1) is 6.66. The van der Waals surface area contributed by atoms with E-state index >= 15 is 0 Å². The fraction of sp³-hybridized carbons (Fsp3) is 0.143. The van der Waals surface area contributed by atoms with Crippen LogP contribution in [0.1, 0.15) is 18.1 Å². The molecule has 2 aromatic rings. The van der Waals surface area contributed by atoms with Gasteiger partial charge in [-0.25, -0.2) is 0 Å². The molecule has 14 heavy (non-hydrogen) atoms. The minimum absolute atomic E-state index is 1.12. The largest absolute Gasteiger partial charge is 0.0955 e. The standard InChI is InChI=1S/C14H14/c1-10(2)12-6-7-13-8-11(3)4-5-14(13)9-12/h4-9H,1H2,2-3H3. The summed E-state index contributed by atoms with van der Waals surface area (Å²) in [6.45, 7) is 8.10. The van der Waals surface area contributed by atoms with Crippen LogP contribution in [0.15, 0.2) is 43.0 Å². The molecule has 0 aliphatic rings. The molecule has 0 aliphatic heterocycles. The first-order valence-corrected chi connectivity index (χ1v) is 4.83. The quantitative estimate of drug-likeness (QED) is 0.620. The van der Waals surface area contributed by atoms with Crippen LogP contribution in [-0.2, 0) is 0 Å². The summed E-state index contributed by atoms with van der Waals surface area (Å²) in [4.78, 5) is 0. The highest BCUT2D eigenvalue weighted by Gasteiger charge is 1.96. The summed E-state index contributed by atoms with van der Waals surface area (Å²) in [5.74, 6) is 0. The van der Waals surface area contributed by atoms with Crippen molar-refractivity contribution >= 4 is 16.3 Å². The van der Waals surface area contributed by atoms with E-state index in [-0.39, 0.29) is 0 Å². The second-order valence-electron chi connectivity index (χ2n) is 3.85. The van der Waals surface area contributed by atoms with E-state index in [1.54, 1.807) is 0 Å². The van der Waals surface area contributed by atoms with Crippen molar-refractivity contribution in [3.63, 3.8) is 0 Å². The molecule has 0 amide bonds. The van der Waals surface area contributed by atoms with Crippen LogP contribution >= 0.6 is 0 Å². The van der Waals surface area contributed by atoms with Crippen LogP contribution in [0.4, 0.5) is 0 Å². The van der Waals surface area contributed by atoms with E-state index in [0.717, 1.165) is 5.57 Å². The monoisotopic (exact) mass is 182 g/mol. The average Bonchev–Trinajstić information content (AvgIpc) is 2.16. The molecule has 0 heterocycles. The molecule has 0 nitrogen and oxygen atoms in total. The number of fused-ring (bicyclic) bond motifs is 1. The van der Waals surface area contributed by atoms with Crippen LogP contribution in [0.3, 0.4) is 0 Å². The van der Waals surface area contributed by atoms with Crippen molar-refractivity contribution in [1.29, 1.82) is 0 Å². The van der Waals surface area contributed by atoms with E-state index in [4.69, 9.17) is 0 Å². The molecular weight excluding hydrogens is 168 g/mol. The molecule has 0 atom stereocenters. The van der Waals surface area contributed by atoms with E-state index in [1.807, 2.05) is 6.92 Å². The lowest BCUT2D eigenvalue weighted by atomic mass is 10.0. The van der Waals surface area contributed by atoms with E-state index in [2.05, 4.69) is 49.9 Å². The second-order valence-corrected chi connectivity index (χ2v) is 3.85. The minimum Gasteiger partial charge on any atom is -0.0955 e. The van der Waals surface area contributed by atoms with Gasteiger partial charge in [0, 0.05) is 0 Å². The highest BCUT2D eigenvalue weighted by molar-refractivity contribution is 5.86. The van der Waals surface area contributed by atoms with E-state index in [0.29, 0.717) is 0 Å². The molecule has 70 valence electrons. The lowest BCUT2D eigenvalue weighted by Gasteiger charge is -2.03. The van der Waals surface area contributed by atoms with Crippen molar-refractivity contribution in [2.45, 2.75) is 13.8 Å². The molecule has 0 heteroatoms. The Morgan fingerprint density at radius 1 is 1.00 bits per heavy atom. The maximum absolute atomic E-state index is 3.95. The Bertz CT molecular complexity index is 492. The van der Waals surface area contributed by atoms with Crippen molar-refractivity contribution < 1.29 is 0 Å². The van der Waals surface area contributed by atoms with Crippen LogP contribution in [-0.4, -0.2) is 0 Å². The molecule has 0 radical (unpaired) electrons. The van der Waals surface area contributed by atoms with Gasteiger partial charge in [-0.2, -0.15) is 0 Å². The van der Waals surface area contributed by atoms with Gasteiger partial charge in [-0.1, -0.05) is 48.0 Å². The molecule has 0 saturated carbocycles. The topological polar surface area (TPSA) is 0 Å². The predicted octanol–water partition coefficient (Wildman–Crippen LogP) is 4.18. The second kappa shape index (κ2) is 3.30. The molecule has 0 fully saturated rings. The smallest absolute Gasteiger partial charge is 0.0178 e. The lowest BCUT2D eigenvalue weighted by Crippen LogP contribution is -1.80. The molecule has 2 rings (SSSR count). The average molecular weight is 182 g/mol. The third-order valence-corrected chi connectivity index (χ3v) is 2.49. The molecule has 0 N–H and O–H groups in total. The first-order valence-electron chi connectivity index (χ1n) is 4.83. The molecule has 0 bridgehead atoms. The molecular formula is C14H14. The summed E-state index contributed by atoms with van der Waals surface area (Å²) in [7, 11) is 0. The highest BCUT2D eigenvalue weighted by Crippen LogP contribution is 2.20. The van der Waals surface area contributed by atoms with Gasteiger partial charge in [0.15, 0.2) is 0 Å². The zero-order valence-corrected chi connectivity index (χ0v) is 8.67. The summed E-state index contributed by atoms with van der Waals surface area (Å²) in [5.41, 5.74) is 3.65. The summed E-state index contributed by atoms with van der Waals surface area (Å²) < 4.78 is 0. The Labute approximate surface area is 84.9 Å². The Morgan fingerprint density at radius 3 is 2.36 bits per heavy atom. The number of aryl methyl sites for hydroxylation is 1. The maximum Gasteiger partial charge on any atom is -0.0178 e. The van der Waals surface area contributed by atoms with E-state index in [1.165, 1.54) is 21.9 Å². The van der Waals surface area contributed by atoms with Crippen molar-refractivity contribution in [3.8, 4) is 0 Å². The normalized spacial score (nSPS) is 10.4. The number of allylic oxidation sites excluding steroid dienone is 1. The summed E-state index contributed by atoms with van der Waals surface area (Å²) in [6, 6.07) is 13.0. The van der Waals surface area contributed by atoms with Crippen LogP contribution in [0, 0.1) is 6.92 Å². The van der Waals surface area contributed by atoms with Gasteiger partial charge >= 0.3 is 0 Å². The Kier molecular flexibility index (Phi) is 2.12. The lowest BCUT2D eigenvalue weighted by molar-refractivity contribution is 1.50. The van der Waals surface area contributed by atoms with Crippen molar-refractivity contribution in [2.24, 2.45) is 0 Å². The zero-order chi connectivity index (χ0) is 10.1. The van der Waals surface area contributed by atoms with Gasteiger partial charge in [0.2, 0.25) is 0 Å². The van der Waals surface area contributed by atoms with Gasteiger partial charge < -0.3 is 0 Å². The predicted molar refractivity (Wildman–Crippen MR) is 63.4 cm³/mol.